The summed E-state index contributed by atoms with van der Waals surface area (Å²) in [6, 6.07) is 8.33. The van der Waals surface area contributed by atoms with Crippen molar-refractivity contribution >= 4 is 11.5 Å². The highest BCUT2D eigenvalue weighted by atomic mass is 15.3. The number of aromatic nitrogens is 2. The first kappa shape index (κ1) is 10.2. The maximum Gasteiger partial charge on any atom is 0.121 e. The lowest BCUT2D eigenvalue weighted by molar-refractivity contribution is 0.782. The molecule has 0 atom stereocenters. The number of fused-ring (bicyclic) bond motifs is 1. The highest BCUT2D eigenvalue weighted by Crippen LogP contribution is 2.36. The van der Waals surface area contributed by atoms with Gasteiger partial charge in [0.25, 0.3) is 0 Å². The van der Waals surface area contributed by atoms with Crippen molar-refractivity contribution in [1.82, 2.24) is 9.78 Å². The van der Waals surface area contributed by atoms with Crippen LogP contribution in [-0.2, 0) is 13.5 Å². The van der Waals surface area contributed by atoms with Gasteiger partial charge in [0, 0.05) is 38.0 Å². The molecular formula is C13H16N4. The average Bonchev–Trinajstić information content (AvgIpc) is 2.84. The van der Waals surface area contributed by atoms with Crippen molar-refractivity contribution < 1.29 is 0 Å². The highest BCUT2D eigenvalue weighted by molar-refractivity contribution is 5.81. The van der Waals surface area contributed by atoms with E-state index >= 15 is 0 Å². The van der Waals surface area contributed by atoms with Crippen LogP contribution in [0.25, 0.3) is 11.3 Å². The predicted molar refractivity (Wildman–Crippen MR) is 70.0 cm³/mol. The number of rotatable bonds is 1. The standard InChI is InChI=1S/C13H16N4/c1-16-7-6-9-4-3-5-10(13(9)16)11-8-12(14)17(2)15-11/h3-5,8H,6-7,14H2,1-2H3. The number of hydrogen-bond donors (Lipinski definition) is 1. The van der Waals surface area contributed by atoms with Crippen LogP contribution >= 0.6 is 0 Å². The summed E-state index contributed by atoms with van der Waals surface area (Å²) in [6.07, 6.45) is 1.11. The van der Waals surface area contributed by atoms with Gasteiger partial charge in [-0.05, 0) is 12.0 Å². The second-order valence-corrected chi connectivity index (χ2v) is 4.56. The van der Waals surface area contributed by atoms with Gasteiger partial charge in [0.05, 0.1) is 5.69 Å². The molecular weight excluding hydrogens is 212 g/mol. The smallest absolute Gasteiger partial charge is 0.121 e. The number of nitrogens with zero attached hydrogens (tertiary/aromatic N) is 3. The summed E-state index contributed by atoms with van der Waals surface area (Å²) in [7, 11) is 3.99. The van der Waals surface area contributed by atoms with Gasteiger partial charge in [-0.1, -0.05) is 18.2 Å². The van der Waals surface area contributed by atoms with Gasteiger partial charge in [-0.2, -0.15) is 5.10 Å². The van der Waals surface area contributed by atoms with Crippen molar-refractivity contribution in [1.29, 1.82) is 0 Å². The first-order valence-electron chi connectivity index (χ1n) is 5.80. The summed E-state index contributed by atoms with van der Waals surface area (Å²) in [5, 5.41) is 4.46. The lowest BCUT2D eigenvalue weighted by Gasteiger charge is -2.15. The third-order valence-corrected chi connectivity index (χ3v) is 3.41. The number of likely N-dealkylation sites (N-methyl/N-ethyl adjacent to an activating group) is 1. The van der Waals surface area contributed by atoms with Crippen molar-refractivity contribution in [2.24, 2.45) is 7.05 Å². The molecule has 4 heteroatoms. The molecule has 0 amide bonds. The topological polar surface area (TPSA) is 47.1 Å². The van der Waals surface area contributed by atoms with E-state index in [-0.39, 0.29) is 0 Å². The summed E-state index contributed by atoms with van der Waals surface area (Å²) >= 11 is 0. The van der Waals surface area contributed by atoms with Crippen LogP contribution in [-0.4, -0.2) is 23.4 Å². The van der Waals surface area contributed by atoms with Crippen LogP contribution in [0.2, 0.25) is 0 Å². The van der Waals surface area contributed by atoms with E-state index < -0.39 is 0 Å². The van der Waals surface area contributed by atoms with E-state index in [0.29, 0.717) is 5.82 Å². The molecule has 2 heterocycles. The van der Waals surface area contributed by atoms with Gasteiger partial charge < -0.3 is 10.6 Å². The van der Waals surface area contributed by atoms with E-state index in [2.05, 4.69) is 35.2 Å². The van der Waals surface area contributed by atoms with E-state index in [1.165, 1.54) is 16.8 Å². The van der Waals surface area contributed by atoms with E-state index in [1.807, 2.05) is 13.1 Å². The Balaban J connectivity index is 2.19. The second kappa shape index (κ2) is 3.52. The fraction of sp³-hybridized carbons (Fsp3) is 0.308. The molecule has 0 bridgehead atoms. The Morgan fingerprint density at radius 1 is 1.29 bits per heavy atom. The fourth-order valence-electron chi connectivity index (χ4n) is 2.46. The zero-order valence-corrected chi connectivity index (χ0v) is 10.1. The molecule has 0 unspecified atom stereocenters. The molecule has 0 spiro atoms. The normalized spacial score (nSPS) is 14.1. The van der Waals surface area contributed by atoms with E-state index in [4.69, 9.17) is 5.73 Å². The lowest BCUT2D eigenvalue weighted by atomic mass is 10.0. The molecule has 0 radical (unpaired) electrons. The van der Waals surface area contributed by atoms with Gasteiger partial charge in [0.15, 0.2) is 0 Å². The third kappa shape index (κ3) is 1.48. The number of nitrogen functional groups attached to an aromatic ring is 1. The maximum absolute atomic E-state index is 5.84. The van der Waals surface area contributed by atoms with Gasteiger partial charge in [-0.25, -0.2) is 0 Å². The van der Waals surface area contributed by atoms with Crippen LogP contribution in [0.1, 0.15) is 5.56 Å². The molecule has 0 saturated carbocycles. The summed E-state index contributed by atoms with van der Waals surface area (Å²) in [5.74, 6) is 0.693. The van der Waals surface area contributed by atoms with Gasteiger partial charge in [-0.3, -0.25) is 4.68 Å². The molecule has 17 heavy (non-hydrogen) atoms. The van der Waals surface area contributed by atoms with Crippen LogP contribution in [0.3, 0.4) is 0 Å². The molecule has 1 aromatic heterocycles. The van der Waals surface area contributed by atoms with Crippen LogP contribution in [0.5, 0.6) is 0 Å². The summed E-state index contributed by atoms with van der Waals surface area (Å²) in [4.78, 5) is 2.29. The van der Waals surface area contributed by atoms with Crippen molar-refractivity contribution in [2.75, 3.05) is 24.2 Å². The molecule has 88 valence electrons. The molecule has 2 aromatic rings. The zero-order chi connectivity index (χ0) is 12.0. The minimum absolute atomic E-state index is 0.693. The Kier molecular flexibility index (Phi) is 2.11. The quantitative estimate of drug-likeness (QED) is 0.807. The van der Waals surface area contributed by atoms with E-state index in [0.717, 1.165) is 18.7 Å². The first-order valence-corrected chi connectivity index (χ1v) is 5.80. The molecule has 0 aliphatic carbocycles. The SMILES string of the molecule is CN1CCc2cccc(-c3cc(N)n(C)n3)c21. The Morgan fingerprint density at radius 2 is 2.12 bits per heavy atom. The second-order valence-electron chi connectivity index (χ2n) is 4.56. The molecule has 0 saturated heterocycles. The summed E-state index contributed by atoms with van der Waals surface area (Å²) < 4.78 is 1.71. The van der Waals surface area contributed by atoms with Gasteiger partial charge >= 0.3 is 0 Å². The number of aryl methyl sites for hydroxylation is 1. The van der Waals surface area contributed by atoms with Gasteiger partial charge in [0.1, 0.15) is 5.82 Å². The van der Waals surface area contributed by atoms with Crippen LogP contribution < -0.4 is 10.6 Å². The lowest BCUT2D eigenvalue weighted by Crippen LogP contribution is -2.13. The Bertz CT molecular complexity index is 551. The molecule has 3 rings (SSSR count). The van der Waals surface area contributed by atoms with Crippen molar-refractivity contribution in [3.63, 3.8) is 0 Å². The largest absolute Gasteiger partial charge is 0.384 e. The molecule has 1 aliphatic heterocycles. The summed E-state index contributed by atoms with van der Waals surface area (Å²) in [6.45, 7) is 1.08. The number of anilines is 2. The average molecular weight is 228 g/mol. The third-order valence-electron chi connectivity index (χ3n) is 3.41. The van der Waals surface area contributed by atoms with Crippen molar-refractivity contribution in [3.05, 3.63) is 29.8 Å². The van der Waals surface area contributed by atoms with E-state index in [1.54, 1.807) is 4.68 Å². The number of para-hydroxylation sites is 1. The molecule has 4 nitrogen and oxygen atoms in total. The number of benzene rings is 1. The predicted octanol–water partition coefficient (Wildman–Crippen LogP) is 1.66. The van der Waals surface area contributed by atoms with E-state index in [9.17, 15) is 0 Å². The Labute approximate surface area is 101 Å². The maximum atomic E-state index is 5.84. The van der Waals surface area contributed by atoms with Crippen molar-refractivity contribution in [2.45, 2.75) is 6.42 Å². The minimum atomic E-state index is 0.693. The van der Waals surface area contributed by atoms with Gasteiger partial charge in [0.2, 0.25) is 0 Å². The Hall–Kier alpha value is -1.97. The highest BCUT2D eigenvalue weighted by Gasteiger charge is 2.21. The molecule has 0 fully saturated rings. The van der Waals surface area contributed by atoms with Gasteiger partial charge in [-0.15, -0.1) is 0 Å². The van der Waals surface area contributed by atoms with Crippen LogP contribution in [0.15, 0.2) is 24.3 Å². The monoisotopic (exact) mass is 228 g/mol. The molecule has 1 aliphatic rings. The van der Waals surface area contributed by atoms with Crippen LogP contribution in [0.4, 0.5) is 11.5 Å². The Morgan fingerprint density at radius 3 is 2.82 bits per heavy atom. The van der Waals surface area contributed by atoms with Crippen molar-refractivity contribution in [3.8, 4) is 11.3 Å². The van der Waals surface area contributed by atoms with Crippen LogP contribution in [0, 0.1) is 0 Å². The summed E-state index contributed by atoms with van der Waals surface area (Å²) in [5.41, 5.74) is 10.7. The molecule has 2 N–H and O–H groups in total. The number of nitrogens with two attached hydrogens (primary N) is 1. The zero-order valence-electron chi connectivity index (χ0n) is 10.1. The first-order chi connectivity index (χ1) is 8.16. The fourth-order valence-corrected chi connectivity index (χ4v) is 2.46. The molecule has 1 aromatic carbocycles. The minimum Gasteiger partial charge on any atom is -0.384 e. The number of hydrogen-bond acceptors (Lipinski definition) is 3.